The zero-order valence-corrected chi connectivity index (χ0v) is 14.5. The van der Waals surface area contributed by atoms with E-state index in [1.807, 2.05) is 49.3 Å². The Balaban J connectivity index is 2.06. The molecular formula is C19H24N4O2. The molecule has 2 aromatic carbocycles. The third kappa shape index (κ3) is 5.93. The van der Waals surface area contributed by atoms with Crippen LogP contribution in [0.2, 0.25) is 0 Å². The van der Waals surface area contributed by atoms with Crippen LogP contribution in [-0.2, 0) is 6.54 Å². The summed E-state index contributed by atoms with van der Waals surface area (Å²) in [7, 11) is 3.95. The van der Waals surface area contributed by atoms with Crippen LogP contribution in [-0.4, -0.2) is 37.5 Å². The van der Waals surface area contributed by atoms with Crippen molar-refractivity contribution in [2.75, 3.05) is 20.6 Å². The van der Waals surface area contributed by atoms with Crippen LogP contribution >= 0.6 is 0 Å². The number of nitrogens with zero attached hydrogens (tertiary/aromatic N) is 1. The maximum Gasteiger partial charge on any atom is 0.312 e. The lowest BCUT2D eigenvalue weighted by Crippen LogP contribution is -2.35. The van der Waals surface area contributed by atoms with Crippen molar-refractivity contribution in [1.82, 2.24) is 15.5 Å². The van der Waals surface area contributed by atoms with Crippen LogP contribution in [0.1, 0.15) is 27.5 Å². The Bertz CT molecular complexity index is 699. The van der Waals surface area contributed by atoms with Crippen molar-refractivity contribution in [3.05, 3.63) is 71.3 Å². The molecule has 0 radical (unpaired) electrons. The molecule has 0 aromatic heterocycles. The smallest absolute Gasteiger partial charge is 0.312 e. The molecule has 6 nitrogen and oxygen atoms in total. The van der Waals surface area contributed by atoms with Crippen LogP contribution in [0.15, 0.2) is 54.6 Å². The number of nitrogens with two attached hydrogens (primary N) is 1. The average molecular weight is 340 g/mol. The normalized spacial score (nSPS) is 11.8. The van der Waals surface area contributed by atoms with Crippen molar-refractivity contribution in [3.63, 3.8) is 0 Å². The third-order valence-corrected chi connectivity index (χ3v) is 3.74. The molecule has 0 aliphatic rings. The highest BCUT2D eigenvalue weighted by Crippen LogP contribution is 2.15. The van der Waals surface area contributed by atoms with Crippen LogP contribution in [0.3, 0.4) is 0 Å². The highest BCUT2D eigenvalue weighted by atomic mass is 16.2. The molecule has 6 heteroatoms. The third-order valence-electron chi connectivity index (χ3n) is 3.74. The van der Waals surface area contributed by atoms with E-state index in [-0.39, 0.29) is 11.9 Å². The van der Waals surface area contributed by atoms with Gasteiger partial charge in [0.2, 0.25) is 0 Å². The Morgan fingerprint density at radius 1 is 1.04 bits per heavy atom. The highest BCUT2D eigenvalue weighted by molar-refractivity contribution is 5.94. The molecule has 3 amide bonds. The molecule has 25 heavy (non-hydrogen) atoms. The van der Waals surface area contributed by atoms with Crippen molar-refractivity contribution in [1.29, 1.82) is 0 Å². The van der Waals surface area contributed by atoms with Crippen LogP contribution in [0.25, 0.3) is 0 Å². The van der Waals surface area contributed by atoms with Crippen LogP contribution in [0, 0.1) is 0 Å². The van der Waals surface area contributed by atoms with Crippen LogP contribution in [0.4, 0.5) is 4.79 Å². The fourth-order valence-corrected chi connectivity index (χ4v) is 2.49. The van der Waals surface area contributed by atoms with E-state index in [9.17, 15) is 9.59 Å². The van der Waals surface area contributed by atoms with Crippen molar-refractivity contribution in [2.24, 2.45) is 5.73 Å². The summed E-state index contributed by atoms with van der Waals surface area (Å²) in [6.45, 7) is 1.04. The van der Waals surface area contributed by atoms with Gasteiger partial charge in [-0.2, -0.15) is 0 Å². The average Bonchev–Trinajstić information content (AvgIpc) is 2.60. The summed E-state index contributed by atoms with van der Waals surface area (Å²) in [6, 6.07) is 16.3. The predicted molar refractivity (Wildman–Crippen MR) is 98.1 cm³/mol. The first-order valence-electron chi connectivity index (χ1n) is 8.08. The van der Waals surface area contributed by atoms with Gasteiger partial charge < -0.3 is 21.3 Å². The summed E-state index contributed by atoms with van der Waals surface area (Å²) in [5.41, 5.74) is 7.56. The standard InChI is InChI=1S/C19H24N4O2/c1-23(2)13-17(15-6-4-3-5-7-15)22-18(24)16-10-8-14(9-11-16)12-21-19(20)25/h3-11,17H,12-13H2,1-2H3,(H,22,24)(H3,20,21,25). The number of primary amides is 1. The number of carbonyl (C=O) groups excluding carboxylic acids is 2. The van der Waals surface area contributed by atoms with Gasteiger partial charge in [-0.1, -0.05) is 42.5 Å². The largest absolute Gasteiger partial charge is 0.352 e. The fourth-order valence-electron chi connectivity index (χ4n) is 2.49. The van der Waals surface area contributed by atoms with E-state index in [1.54, 1.807) is 24.3 Å². The molecule has 4 N–H and O–H groups in total. The summed E-state index contributed by atoms with van der Waals surface area (Å²) in [6.07, 6.45) is 0. The molecule has 0 bridgehead atoms. The molecule has 1 atom stereocenters. The maximum absolute atomic E-state index is 12.6. The second-order valence-electron chi connectivity index (χ2n) is 6.11. The Hall–Kier alpha value is -2.86. The number of rotatable bonds is 7. The topological polar surface area (TPSA) is 87.5 Å². The Morgan fingerprint density at radius 3 is 2.24 bits per heavy atom. The van der Waals surface area contributed by atoms with Crippen molar-refractivity contribution in [2.45, 2.75) is 12.6 Å². The molecule has 1 unspecified atom stereocenters. The number of benzene rings is 2. The van der Waals surface area contributed by atoms with E-state index >= 15 is 0 Å². The van der Waals surface area contributed by atoms with Gasteiger partial charge in [0.15, 0.2) is 0 Å². The monoisotopic (exact) mass is 340 g/mol. The van der Waals surface area contributed by atoms with E-state index in [0.29, 0.717) is 18.7 Å². The van der Waals surface area contributed by atoms with Crippen molar-refractivity contribution < 1.29 is 9.59 Å². The molecule has 0 saturated heterocycles. The van der Waals surface area contributed by atoms with E-state index in [4.69, 9.17) is 5.73 Å². The van der Waals surface area contributed by atoms with Gasteiger partial charge in [0.1, 0.15) is 0 Å². The van der Waals surface area contributed by atoms with Gasteiger partial charge in [-0.05, 0) is 37.4 Å². The summed E-state index contributed by atoms with van der Waals surface area (Å²) in [5.74, 6) is -0.134. The zero-order chi connectivity index (χ0) is 18.2. The number of carbonyl (C=O) groups is 2. The van der Waals surface area contributed by atoms with Gasteiger partial charge in [0, 0.05) is 18.7 Å². The van der Waals surface area contributed by atoms with Gasteiger partial charge in [-0.25, -0.2) is 4.79 Å². The summed E-state index contributed by atoms with van der Waals surface area (Å²) in [4.78, 5) is 25.3. The number of likely N-dealkylation sites (N-methyl/N-ethyl adjacent to an activating group) is 1. The molecular weight excluding hydrogens is 316 g/mol. The Labute approximate surface area is 148 Å². The fraction of sp³-hybridized carbons (Fsp3) is 0.263. The lowest BCUT2D eigenvalue weighted by molar-refractivity contribution is 0.0930. The number of nitrogens with one attached hydrogen (secondary N) is 2. The molecule has 0 heterocycles. The summed E-state index contributed by atoms with van der Waals surface area (Å²) in [5, 5.41) is 5.60. The van der Waals surface area contributed by atoms with Crippen LogP contribution in [0.5, 0.6) is 0 Å². The van der Waals surface area contributed by atoms with E-state index in [0.717, 1.165) is 11.1 Å². The second-order valence-corrected chi connectivity index (χ2v) is 6.11. The quantitative estimate of drug-likeness (QED) is 0.719. The summed E-state index contributed by atoms with van der Waals surface area (Å²) < 4.78 is 0. The lowest BCUT2D eigenvalue weighted by Gasteiger charge is -2.23. The van der Waals surface area contributed by atoms with Gasteiger partial charge in [0.25, 0.3) is 5.91 Å². The first kappa shape index (κ1) is 18.5. The Kier molecular flexibility index (Phi) is 6.54. The first-order chi connectivity index (χ1) is 12.0. The number of hydrogen-bond acceptors (Lipinski definition) is 3. The van der Waals surface area contributed by atoms with Gasteiger partial charge in [-0.15, -0.1) is 0 Å². The molecule has 0 spiro atoms. The zero-order valence-electron chi connectivity index (χ0n) is 14.5. The molecule has 0 aliphatic carbocycles. The molecule has 2 aromatic rings. The molecule has 2 rings (SSSR count). The molecule has 0 aliphatic heterocycles. The number of urea groups is 1. The highest BCUT2D eigenvalue weighted by Gasteiger charge is 2.16. The SMILES string of the molecule is CN(C)CC(NC(=O)c1ccc(CNC(N)=O)cc1)c1ccccc1. The minimum Gasteiger partial charge on any atom is -0.352 e. The maximum atomic E-state index is 12.6. The van der Waals surface area contributed by atoms with Crippen LogP contribution < -0.4 is 16.4 Å². The molecule has 132 valence electrons. The van der Waals surface area contributed by atoms with Gasteiger partial charge >= 0.3 is 6.03 Å². The van der Waals surface area contributed by atoms with Crippen molar-refractivity contribution >= 4 is 11.9 Å². The minimum absolute atomic E-state index is 0.0973. The van der Waals surface area contributed by atoms with Crippen molar-refractivity contribution in [3.8, 4) is 0 Å². The lowest BCUT2D eigenvalue weighted by atomic mass is 10.1. The second kappa shape index (κ2) is 8.84. The van der Waals surface area contributed by atoms with E-state index < -0.39 is 6.03 Å². The Morgan fingerprint density at radius 2 is 1.68 bits per heavy atom. The number of amides is 3. The minimum atomic E-state index is -0.573. The van der Waals surface area contributed by atoms with E-state index in [1.165, 1.54) is 0 Å². The molecule has 0 fully saturated rings. The first-order valence-corrected chi connectivity index (χ1v) is 8.08. The van der Waals surface area contributed by atoms with Gasteiger partial charge in [-0.3, -0.25) is 4.79 Å². The van der Waals surface area contributed by atoms with Gasteiger partial charge in [0.05, 0.1) is 6.04 Å². The summed E-state index contributed by atoms with van der Waals surface area (Å²) >= 11 is 0. The molecule has 0 saturated carbocycles. The predicted octanol–water partition coefficient (Wildman–Crippen LogP) is 1.89. The number of hydrogen-bond donors (Lipinski definition) is 3. The van der Waals surface area contributed by atoms with E-state index in [2.05, 4.69) is 10.6 Å².